The Morgan fingerprint density at radius 3 is 2.40 bits per heavy atom. The minimum absolute atomic E-state index is 0.0699. The van der Waals surface area contributed by atoms with Gasteiger partial charge >= 0.3 is 24.5 Å². The van der Waals surface area contributed by atoms with E-state index < -0.39 is 48.8 Å². The fourth-order valence-electron chi connectivity index (χ4n) is 4.73. The third kappa shape index (κ3) is 5.50. The maximum Gasteiger partial charge on any atom is 0.329 e. The van der Waals surface area contributed by atoms with Crippen molar-refractivity contribution in [2.45, 2.75) is 44.2 Å². The summed E-state index contributed by atoms with van der Waals surface area (Å²) in [6.45, 7) is -1.02. The van der Waals surface area contributed by atoms with Crippen molar-refractivity contribution in [3.05, 3.63) is 62.8 Å². The predicted molar refractivity (Wildman–Crippen MR) is 131 cm³/mol. The molecule has 5 rings (SSSR count). The highest BCUT2D eigenvalue weighted by atomic mass is 79.9. The summed E-state index contributed by atoms with van der Waals surface area (Å²) < 4.78 is 100. The van der Waals surface area contributed by atoms with Crippen LogP contribution in [0, 0.1) is 5.82 Å². The highest BCUT2D eigenvalue weighted by Gasteiger charge is 2.43. The first-order chi connectivity index (χ1) is 18.9. The Hall–Kier alpha value is -3.27. The van der Waals surface area contributed by atoms with E-state index in [1.54, 1.807) is 0 Å². The molecule has 1 saturated heterocycles. The van der Waals surface area contributed by atoms with E-state index in [2.05, 4.69) is 31.1 Å². The first kappa shape index (κ1) is 28.3. The Balaban J connectivity index is 1.41. The third-order valence-electron chi connectivity index (χ3n) is 6.70. The molecule has 0 bridgehead atoms. The summed E-state index contributed by atoms with van der Waals surface area (Å²) in [6, 6.07) is 5.22. The summed E-state index contributed by atoms with van der Waals surface area (Å²) in [5.74, 6) is -5.75. The normalized spacial score (nSPS) is 15.7. The zero-order valence-corrected chi connectivity index (χ0v) is 22.0. The van der Waals surface area contributed by atoms with Crippen LogP contribution in [0.25, 0.3) is 22.5 Å². The van der Waals surface area contributed by atoms with Gasteiger partial charge in [0.05, 0.1) is 39.9 Å². The quantitative estimate of drug-likeness (QED) is 0.232. The maximum atomic E-state index is 14.5. The summed E-state index contributed by atoms with van der Waals surface area (Å²) in [5.41, 5.74) is 0.828. The number of likely N-dealkylation sites (tertiary alicyclic amines) is 1. The van der Waals surface area contributed by atoms with Crippen molar-refractivity contribution >= 4 is 27.0 Å². The number of piperidine rings is 1. The number of rotatable bonds is 8. The lowest BCUT2D eigenvalue weighted by molar-refractivity contribution is -0.144. The lowest BCUT2D eigenvalue weighted by atomic mass is 10.0. The van der Waals surface area contributed by atoms with Gasteiger partial charge in [-0.2, -0.15) is 17.6 Å². The highest BCUT2D eigenvalue weighted by Crippen LogP contribution is 2.31. The largest absolute Gasteiger partial charge is 0.415 e. The lowest BCUT2D eigenvalue weighted by Crippen LogP contribution is -2.46. The van der Waals surface area contributed by atoms with E-state index in [4.69, 9.17) is 4.42 Å². The molecule has 0 atom stereocenters. The molecular weight excluding hydrogens is 617 g/mol. The molecule has 4 aromatic rings. The topological polar surface area (TPSA) is 82.0 Å². The standard InChI is InChI=1S/C24H20BrF7N6O2/c25-15-7-18-17(8-16(15)26)37(10-13-2-1-12(9-33-13)20-34-35-21(40-20)19(27)28)23(39)38(18)14-3-5-36(6-4-14)11-24(31,32)22(29)30/h1-2,7-9,14,19,22H,3-6,10-11H2. The van der Waals surface area contributed by atoms with Crippen LogP contribution in [0.15, 0.2) is 44.1 Å². The molecular formula is C24H20BrF7N6O2. The van der Waals surface area contributed by atoms with Gasteiger partial charge < -0.3 is 4.42 Å². The second-order valence-corrected chi connectivity index (χ2v) is 10.2. The van der Waals surface area contributed by atoms with Crippen molar-refractivity contribution < 1.29 is 35.2 Å². The minimum atomic E-state index is -4.14. The molecule has 0 saturated carbocycles. The highest BCUT2D eigenvalue weighted by molar-refractivity contribution is 9.10. The van der Waals surface area contributed by atoms with Crippen molar-refractivity contribution in [3.63, 3.8) is 0 Å². The summed E-state index contributed by atoms with van der Waals surface area (Å²) in [5, 5.41) is 6.82. The van der Waals surface area contributed by atoms with Crippen LogP contribution in [0.5, 0.6) is 0 Å². The summed E-state index contributed by atoms with van der Waals surface area (Å²) in [6.07, 6.45) is -4.91. The van der Waals surface area contributed by atoms with Crippen LogP contribution < -0.4 is 5.69 Å². The molecule has 0 unspecified atom stereocenters. The number of aromatic nitrogens is 5. The van der Waals surface area contributed by atoms with E-state index in [-0.39, 0.29) is 53.9 Å². The van der Waals surface area contributed by atoms with E-state index in [0.717, 1.165) is 0 Å². The van der Waals surface area contributed by atoms with Crippen LogP contribution in [0.4, 0.5) is 30.7 Å². The molecule has 16 heteroatoms. The van der Waals surface area contributed by atoms with Crippen LogP contribution >= 0.6 is 15.9 Å². The van der Waals surface area contributed by atoms with Gasteiger partial charge in [0, 0.05) is 31.4 Å². The smallest absolute Gasteiger partial charge is 0.329 e. The lowest BCUT2D eigenvalue weighted by Gasteiger charge is -2.34. The van der Waals surface area contributed by atoms with Crippen LogP contribution in [0.3, 0.4) is 0 Å². The molecule has 214 valence electrons. The van der Waals surface area contributed by atoms with E-state index >= 15 is 0 Å². The SMILES string of the molecule is O=c1n(Cc2ccc(-c3nnc(C(F)F)o3)cn2)c2cc(F)c(Br)cc2n1C1CCN(CC(F)(F)C(F)F)CC1. The molecule has 0 spiro atoms. The molecule has 1 fully saturated rings. The van der Waals surface area contributed by atoms with Crippen molar-refractivity contribution in [2.75, 3.05) is 19.6 Å². The molecule has 0 N–H and O–H groups in total. The molecule has 0 aliphatic carbocycles. The van der Waals surface area contributed by atoms with Crippen LogP contribution in [-0.2, 0) is 6.54 Å². The summed E-state index contributed by atoms with van der Waals surface area (Å²) in [4.78, 5) is 19.1. The van der Waals surface area contributed by atoms with Gasteiger partial charge in [0.25, 0.3) is 5.89 Å². The Labute approximate surface area is 229 Å². The van der Waals surface area contributed by atoms with Gasteiger partial charge in [-0.15, -0.1) is 10.2 Å². The van der Waals surface area contributed by atoms with Crippen molar-refractivity contribution in [2.24, 2.45) is 0 Å². The number of nitrogens with zero attached hydrogens (tertiary/aromatic N) is 6. The van der Waals surface area contributed by atoms with Crippen molar-refractivity contribution in [3.8, 4) is 11.5 Å². The zero-order valence-electron chi connectivity index (χ0n) is 20.4. The number of halogens is 8. The Kier molecular flexibility index (Phi) is 7.74. The van der Waals surface area contributed by atoms with Crippen molar-refractivity contribution in [1.82, 2.24) is 29.2 Å². The van der Waals surface area contributed by atoms with Crippen molar-refractivity contribution in [1.29, 1.82) is 0 Å². The van der Waals surface area contributed by atoms with Gasteiger partial charge in [0.2, 0.25) is 5.89 Å². The van der Waals surface area contributed by atoms with E-state index in [1.807, 2.05) is 0 Å². The molecule has 0 amide bonds. The number of benzene rings is 1. The number of pyridine rings is 1. The molecule has 3 aromatic heterocycles. The van der Waals surface area contributed by atoms with Gasteiger partial charge in [0.15, 0.2) is 0 Å². The fourth-order valence-corrected chi connectivity index (χ4v) is 5.06. The predicted octanol–water partition coefficient (Wildman–Crippen LogP) is 5.67. The number of fused-ring (bicyclic) bond motifs is 1. The molecule has 0 radical (unpaired) electrons. The first-order valence-electron chi connectivity index (χ1n) is 12.0. The van der Waals surface area contributed by atoms with Crippen LogP contribution in [0.2, 0.25) is 0 Å². The van der Waals surface area contributed by atoms with Crippen LogP contribution in [0.1, 0.15) is 36.9 Å². The Morgan fingerprint density at radius 1 is 1.07 bits per heavy atom. The molecule has 4 heterocycles. The van der Waals surface area contributed by atoms with E-state index in [0.29, 0.717) is 11.2 Å². The van der Waals surface area contributed by atoms with Gasteiger partial charge in [-0.25, -0.2) is 18.0 Å². The molecule has 40 heavy (non-hydrogen) atoms. The maximum absolute atomic E-state index is 14.5. The number of hydrogen-bond acceptors (Lipinski definition) is 6. The summed E-state index contributed by atoms with van der Waals surface area (Å²) >= 11 is 3.13. The monoisotopic (exact) mass is 636 g/mol. The average molecular weight is 637 g/mol. The Morgan fingerprint density at radius 2 is 1.80 bits per heavy atom. The molecule has 1 aliphatic rings. The van der Waals surface area contributed by atoms with Gasteiger partial charge in [0.1, 0.15) is 5.82 Å². The first-order valence-corrected chi connectivity index (χ1v) is 12.8. The van der Waals surface area contributed by atoms with Gasteiger partial charge in [-0.3, -0.25) is 19.0 Å². The number of hydrogen-bond donors (Lipinski definition) is 0. The van der Waals surface area contributed by atoms with Crippen LogP contribution in [-0.4, -0.2) is 61.2 Å². The van der Waals surface area contributed by atoms with E-state index in [9.17, 15) is 35.5 Å². The molecule has 8 nitrogen and oxygen atoms in total. The molecule has 1 aliphatic heterocycles. The number of imidazole rings is 1. The Bertz CT molecular complexity index is 1560. The van der Waals surface area contributed by atoms with E-state index in [1.165, 1.54) is 44.5 Å². The van der Waals surface area contributed by atoms with Gasteiger partial charge in [-0.05, 0) is 47.0 Å². The fraction of sp³-hybridized carbons (Fsp3) is 0.417. The third-order valence-corrected chi connectivity index (χ3v) is 7.31. The molecule has 1 aromatic carbocycles. The minimum Gasteiger partial charge on any atom is -0.415 e. The zero-order chi connectivity index (χ0) is 28.8. The second-order valence-electron chi connectivity index (χ2n) is 9.35. The number of alkyl halides is 6. The summed E-state index contributed by atoms with van der Waals surface area (Å²) in [7, 11) is 0. The average Bonchev–Trinajstić information content (AvgIpc) is 3.50. The van der Waals surface area contributed by atoms with Gasteiger partial charge in [-0.1, -0.05) is 0 Å². The second kappa shape index (κ2) is 11.0.